The molecule has 0 aliphatic rings. The van der Waals surface area contributed by atoms with E-state index in [2.05, 4.69) is 15.3 Å². The minimum atomic E-state index is -0.321. The number of hydrogen-bond donors (Lipinski definition) is 2. The Morgan fingerprint density at radius 1 is 1.29 bits per heavy atom. The largest absolute Gasteiger partial charge is 0.496 e. The van der Waals surface area contributed by atoms with Crippen molar-refractivity contribution >= 4 is 22.4 Å². The van der Waals surface area contributed by atoms with E-state index in [-0.39, 0.29) is 12.5 Å². The SMILES string of the molecule is COc1cc(CO)ccc1C(=O)Nc1ncc(-c2ccccn2)s1. The third-order valence-electron chi connectivity index (χ3n) is 3.34. The van der Waals surface area contributed by atoms with Gasteiger partial charge >= 0.3 is 0 Å². The predicted octanol–water partition coefficient (Wildman–Crippen LogP) is 2.96. The summed E-state index contributed by atoms with van der Waals surface area (Å²) in [5.41, 5.74) is 1.86. The number of aliphatic hydroxyl groups excluding tert-OH is 1. The average molecular weight is 341 g/mol. The first-order valence-electron chi connectivity index (χ1n) is 7.17. The van der Waals surface area contributed by atoms with E-state index in [4.69, 9.17) is 9.84 Å². The van der Waals surface area contributed by atoms with E-state index in [1.807, 2.05) is 18.2 Å². The van der Waals surface area contributed by atoms with Crippen LogP contribution in [0.1, 0.15) is 15.9 Å². The Morgan fingerprint density at radius 3 is 2.88 bits per heavy atom. The molecule has 0 saturated heterocycles. The van der Waals surface area contributed by atoms with Crippen LogP contribution >= 0.6 is 11.3 Å². The fraction of sp³-hybridized carbons (Fsp3) is 0.118. The number of benzene rings is 1. The van der Waals surface area contributed by atoms with Gasteiger partial charge in [0.05, 0.1) is 29.9 Å². The van der Waals surface area contributed by atoms with Crippen LogP contribution in [0.4, 0.5) is 5.13 Å². The summed E-state index contributed by atoms with van der Waals surface area (Å²) in [7, 11) is 1.48. The summed E-state index contributed by atoms with van der Waals surface area (Å²) >= 11 is 1.34. The van der Waals surface area contributed by atoms with Crippen LogP contribution in [0.3, 0.4) is 0 Å². The van der Waals surface area contributed by atoms with E-state index >= 15 is 0 Å². The highest BCUT2D eigenvalue weighted by molar-refractivity contribution is 7.19. The molecule has 7 heteroatoms. The normalized spacial score (nSPS) is 10.4. The van der Waals surface area contributed by atoms with Gasteiger partial charge in [-0.2, -0.15) is 0 Å². The number of amides is 1. The second-order valence-electron chi connectivity index (χ2n) is 4.89. The van der Waals surface area contributed by atoms with E-state index in [0.717, 1.165) is 10.6 Å². The highest BCUT2D eigenvalue weighted by Crippen LogP contribution is 2.28. The quantitative estimate of drug-likeness (QED) is 0.745. The summed E-state index contributed by atoms with van der Waals surface area (Å²) in [5.74, 6) is 0.0822. The molecule has 122 valence electrons. The summed E-state index contributed by atoms with van der Waals surface area (Å²) in [6.45, 7) is -0.113. The highest BCUT2D eigenvalue weighted by Gasteiger charge is 2.15. The van der Waals surface area contributed by atoms with Crippen molar-refractivity contribution in [3.8, 4) is 16.3 Å². The monoisotopic (exact) mass is 341 g/mol. The lowest BCUT2D eigenvalue weighted by atomic mass is 10.1. The molecule has 0 unspecified atom stereocenters. The van der Waals surface area contributed by atoms with Gasteiger partial charge in [0.25, 0.3) is 5.91 Å². The number of aliphatic hydroxyl groups is 1. The average Bonchev–Trinajstić information content (AvgIpc) is 3.10. The Morgan fingerprint density at radius 2 is 2.17 bits per heavy atom. The van der Waals surface area contributed by atoms with Gasteiger partial charge in [-0.25, -0.2) is 4.98 Å². The lowest BCUT2D eigenvalue weighted by molar-refractivity contribution is 0.102. The standard InChI is InChI=1S/C17H15N3O3S/c1-23-14-8-11(10-21)5-6-12(14)16(22)20-17-19-9-15(24-17)13-4-2-3-7-18-13/h2-9,21H,10H2,1H3,(H,19,20,22). The molecule has 0 spiro atoms. The van der Waals surface area contributed by atoms with Crippen LogP contribution in [0, 0.1) is 0 Å². The van der Waals surface area contributed by atoms with E-state index < -0.39 is 0 Å². The maximum atomic E-state index is 12.4. The zero-order chi connectivity index (χ0) is 16.9. The number of carbonyl (C=O) groups is 1. The zero-order valence-corrected chi connectivity index (χ0v) is 13.7. The minimum Gasteiger partial charge on any atom is -0.496 e. The van der Waals surface area contributed by atoms with E-state index in [0.29, 0.717) is 22.0 Å². The zero-order valence-electron chi connectivity index (χ0n) is 12.9. The molecular formula is C17H15N3O3S. The summed E-state index contributed by atoms with van der Waals surface area (Å²) < 4.78 is 5.22. The van der Waals surface area contributed by atoms with Crippen LogP contribution in [0.25, 0.3) is 10.6 Å². The Hall–Kier alpha value is -2.77. The number of ether oxygens (including phenoxy) is 1. The van der Waals surface area contributed by atoms with Gasteiger partial charge in [-0.3, -0.25) is 15.1 Å². The minimum absolute atomic E-state index is 0.113. The highest BCUT2D eigenvalue weighted by atomic mass is 32.1. The molecule has 0 fully saturated rings. The lowest BCUT2D eigenvalue weighted by Gasteiger charge is -2.09. The third-order valence-corrected chi connectivity index (χ3v) is 4.27. The second-order valence-corrected chi connectivity index (χ2v) is 5.92. The topological polar surface area (TPSA) is 84.3 Å². The Labute approximate surface area is 142 Å². The molecule has 1 amide bonds. The first-order valence-corrected chi connectivity index (χ1v) is 7.99. The molecule has 0 atom stereocenters. The maximum Gasteiger partial charge on any atom is 0.261 e. The third kappa shape index (κ3) is 3.42. The number of methoxy groups -OCH3 is 1. The van der Waals surface area contributed by atoms with Crippen molar-refractivity contribution in [2.24, 2.45) is 0 Å². The molecule has 1 aromatic carbocycles. The number of anilines is 1. The fourth-order valence-electron chi connectivity index (χ4n) is 2.14. The van der Waals surface area contributed by atoms with Crippen molar-refractivity contribution < 1.29 is 14.6 Å². The van der Waals surface area contributed by atoms with Gasteiger partial charge in [-0.1, -0.05) is 23.5 Å². The lowest BCUT2D eigenvalue weighted by Crippen LogP contribution is -2.13. The van der Waals surface area contributed by atoms with Gasteiger partial charge < -0.3 is 9.84 Å². The Balaban J connectivity index is 1.79. The maximum absolute atomic E-state index is 12.4. The van der Waals surface area contributed by atoms with Gasteiger partial charge in [0.15, 0.2) is 5.13 Å². The van der Waals surface area contributed by atoms with Gasteiger partial charge in [0.1, 0.15) is 5.75 Å². The first kappa shape index (κ1) is 16.1. The van der Waals surface area contributed by atoms with Crippen LogP contribution < -0.4 is 10.1 Å². The van der Waals surface area contributed by atoms with Crippen molar-refractivity contribution in [1.29, 1.82) is 0 Å². The number of rotatable bonds is 5. The molecule has 0 saturated carbocycles. The molecule has 6 nitrogen and oxygen atoms in total. The molecule has 3 aromatic rings. The number of aromatic nitrogens is 2. The number of nitrogens with one attached hydrogen (secondary N) is 1. The molecule has 2 heterocycles. The molecule has 0 radical (unpaired) electrons. The number of pyridine rings is 1. The van der Waals surface area contributed by atoms with Crippen LogP contribution in [0.5, 0.6) is 5.75 Å². The molecular weight excluding hydrogens is 326 g/mol. The van der Waals surface area contributed by atoms with Gasteiger partial charge in [0, 0.05) is 12.4 Å². The van der Waals surface area contributed by atoms with Crippen LogP contribution in [0.2, 0.25) is 0 Å². The number of thiazole rings is 1. The number of carbonyl (C=O) groups excluding carboxylic acids is 1. The van der Waals surface area contributed by atoms with Crippen molar-refractivity contribution in [2.45, 2.75) is 6.61 Å². The summed E-state index contributed by atoms with van der Waals surface area (Å²) in [6.07, 6.45) is 3.38. The molecule has 3 rings (SSSR count). The number of hydrogen-bond acceptors (Lipinski definition) is 6. The smallest absolute Gasteiger partial charge is 0.261 e. The van der Waals surface area contributed by atoms with Crippen LogP contribution in [0.15, 0.2) is 48.8 Å². The summed E-state index contributed by atoms with van der Waals surface area (Å²) in [5, 5.41) is 12.4. The Kier molecular flexibility index (Phi) is 4.83. The van der Waals surface area contributed by atoms with Crippen molar-refractivity contribution in [2.75, 3.05) is 12.4 Å². The summed E-state index contributed by atoms with van der Waals surface area (Å²) in [4.78, 5) is 21.8. The van der Waals surface area contributed by atoms with Crippen molar-refractivity contribution in [3.05, 3.63) is 59.9 Å². The fourth-order valence-corrected chi connectivity index (χ4v) is 2.93. The second kappa shape index (κ2) is 7.20. The van der Waals surface area contributed by atoms with Crippen molar-refractivity contribution in [1.82, 2.24) is 9.97 Å². The van der Waals surface area contributed by atoms with Gasteiger partial charge in [-0.05, 0) is 29.8 Å². The Bertz CT molecular complexity index is 849. The van der Waals surface area contributed by atoms with Crippen LogP contribution in [-0.2, 0) is 6.61 Å². The van der Waals surface area contributed by atoms with Gasteiger partial charge in [0.2, 0.25) is 0 Å². The molecule has 0 aliphatic heterocycles. The number of nitrogens with zero attached hydrogens (tertiary/aromatic N) is 2. The first-order chi connectivity index (χ1) is 11.7. The van der Waals surface area contributed by atoms with Gasteiger partial charge in [-0.15, -0.1) is 0 Å². The van der Waals surface area contributed by atoms with E-state index in [9.17, 15) is 4.79 Å². The van der Waals surface area contributed by atoms with E-state index in [1.165, 1.54) is 18.4 Å². The molecule has 0 aliphatic carbocycles. The molecule has 0 bridgehead atoms. The molecule has 2 N–H and O–H groups in total. The van der Waals surface area contributed by atoms with Crippen LogP contribution in [-0.4, -0.2) is 28.1 Å². The molecule has 24 heavy (non-hydrogen) atoms. The molecule has 2 aromatic heterocycles. The van der Waals surface area contributed by atoms with Crippen molar-refractivity contribution in [3.63, 3.8) is 0 Å². The summed E-state index contributed by atoms with van der Waals surface area (Å²) in [6, 6.07) is 10.6. The predicted molar refractivity (Wildman–Crippen MR) is 92.2 cm³/mol. The van der Waals surface area contributed by atoms with E-state index in [1.54, 1.807) is 30.6 Å².